The SMILES string of the molecule is Cc1ccc(S(=O)(=O)N(CC(=O)N(Cc2cccc(Br)c2)[C@@H](Cc2ccccc2)C(=O)NC2CCCCC2)c2cccc(C)c2)cc1. The molecule has 1 N–H and O–H groups in total. The molecule has 2 amide bonds. The number of halogens is 1. The van der Waals surface area contributed by atoms with E-state index >= 15 is 0 Å². The van der Waals surface area contributed by atoms with Gasteiger partial charge in [-0.05, 0) is 79.8 Å². The third-order valence-corrected chi connectivity index (χ3v) is 10.9. The van der Waals surface area contributed by atoms with Crippen molar-refractivity contribution in [3.63, 3.8) is 0 Å². The summed E-state index contributed by atoms with van der Waals surface area (Å²) in [5, 5.41) is 3.25. The van der Waals surface area contributed by atoms with E-state index < -0.39 is 28.5 Å². The maximum Gasteiger partial charge on any atom is 0.264 e. The van der Waals surface area contributed by atoms with Gasteiger partial charge in [-0.15, -0.1) is 0 Å². The second kappa shape index (κ2) is 15.8. The second-order valence-corrected chi connectivity index (χ2v) is 15.1. The molecule has 5 rings (SSSR count). The Hall–Kier alpha value is -3.95. The van der Waals surface area contributed by atoms with Crippen molar-refractivity contribution in [3.05, 3.63) is 130 Å². The van der Waals surface area contributed by atoms with Crippen molar-refractivity contribution in [1.82, 2.24) is 10.2 Å². The number of benzene rings is 4. The molecule has 0 bridgehead atoms. The summed E-state index contributed by atoms with van der Waals surface area (Å²) in [5.74, 6) is -0.700. The molecule has 1 fully saturated rings. The Labute approximate surface area is 287 Å². The zero-order valence-electron chi connectivity index (χ0n) is 26.9. The molecule has 7 nitrogen and oxygen atoms in total. The van der Waals surface area contributed by atoms with Crippen LogP contribution in [0.25, 0.3) is 0 Å². The quantitative estimate of drug-likeness (QED) is 0.166. The Bertz CT molecular complexity index is 1770. The molecule has 0 saturated heterocycles. The summed E-state index contributed by atoms with van der Waals surface area (Å²) in [6.45, 7) is 3.42. The summed E-state index contributed by atoms with van der Waals surface area (Å²) in [7, 11) is -4.15. The molecule has 0 radical (unpaired) electrons. The molecule has 1 atom stereocenters. The molecular weight excluding hydrogens is 674 g/mol. The van der Waals surface area contributed by atoms with Crippen LogP contribution in [0.3, 0.4) is 0 Å². The maximum absolute atomic E-state index is 14.7. The van der Waals surface area contributed by atoms with Crippen LogP contribution >= 0.6 is 15.9 Å². The number of sulfonamides is 1. The summed E-state index contributed by atoms with van der Waals surface area (Å²) in [6.07, 6.45) is 5.35. The number of hydrogen-bond acceptors (Lipinski definition) is 4. The molecule has 1 aliphatic carbocycles. The molecule has 0 aliphatic heterocycles. The number of carbonyl (C=O) groups excluding carboxylic acids is 2. The zero-order chi connectivity index (χ0) is 33.4. The summed E-state index contributed by atoms with van der Waals surface area (Å²) < 4.78 is 30.5. The van der Waals surface area contributed by atoms with Gasteiger partial charge in [0.25, 0.3) is 10.0 Å². The standard InChI is InChI=1S/C38H42BrN3O4S/c1-28-19-21-35(22-20-28)47(45,46)42(34-18-9-11-29(2)23-34)27-37(43)41(26-31-14-10-15-32(39)24-31)36(25-30-12-5-3-6-13-30)38(44)40-33-16-7-4-8-17-33/h3,5-6,9-15,18-24,33,36H,4,7-8,16-17,25-27H2,1-2H3,(H,40,44)/t36-/m0/s1. The Morgan fingerprint density at radius 3 is 2.17 bits per heavy atom. The first-order chi connectivity index (χ1) is 22.6. The molecule has 0 heterocycles. The van der Waals surface area contributed by atoms with E-state index in [9.17, 15) is 18.0 Å². The lowest BCUT2D eigenvalue weighted by Crippen LogP contribution is -2.55. The number of carbonyl (C=O) groups is 2. The molecular formula is C38H42BrN3O4S. The summed E-state index contributed by atoms with van der Waals surface area (Å²) >= 11 is 3.54. The van der Waals surface area contributed by atoms with Crippen molar-refractivity contribution in [1.29, 1.82) is 0 Å². The lowest BCUT2D eigenvalue weighted by molar-refractivity contribution is -0.140. The number of aryl methyl sites for hydroxylation is 2. The van der Waals surface area contributed by atoms with Crippen molar-refractivity contribution >= 4 is 43.5 Å². The lowest BCUT2D eigenvalue weighted by atomic mass is 9.94. The summed E-state index contributed by atoms with van der Waals surface area (Å²) in [4.78, 5) is 30.6. The third kappa shape index (κ3) is 9.11. The molecule has 1 aliphatic rings. The van der Waals surface area contributed by atoms with Crippen LogP contribution in [-0.2, 0) is 32.6 Å². The molecule has 47 heavy (non-hydrogen) atoms. The topological polar surface area (TPSA) is 86.8 Å². The van der Waals surface area contributed by atoms with Crippen molar-refractivity contribution in [2.75, 3.05) is 10.8 Å². The fourth-order valence-corrected chi connectivity index (χ4v) is 7.93. The monoisotopic (exact) mass is 715 g/mol. The predicted molar refractivity (Wildman–Crippen MR) is 191 cm³/mol. The van der Waals surface area contributed by atoms with Crippen LogP contribution in [0.1, 0.15) is 54.4 Å². The molecule has 4 aromatic carbocycles. The minimum atomic E-state index is -4.15. The van der Waals surface area contributed by atoms with Crippen molar-refractivity contribution in [3.8, 4) is 0 Å². The Morgan fingerprint density at radius 2 is 1.49 bits per heavy atom. The van der Waals surface area contributed by atoms with Crippen LogP contribution in [0, 0.1) is 13.8 Å². The molecule has 1 saturated carbocycles. The highest BCUT2D eigenvalue weighted by atomic mass is 79.9. The zero-order valence-corrected chi connectivity index (χ0v) is 29.3. The number of anilines is 1. The van der Waals surface area contributed by atoms with Gasteiger partial charge in [-0.2, -0.15) is 0 Å². The highest BCUT2D eigenvalue weighted by Crippen LogP contribution is 2.27. The average Bonchev–Trinajstić information content (AvgIpc) is 3.06. The van der Waals surface area contributed by atoms with Crippen LogP contribution in [0.15, 0.2) is 112 Å². The molecule has 0 spiro atoms. The van der Waals surface area contributed by atoms with Gasteiger partial charge in [-0.25, -0.2) is 8.42 Å². The predicted octanol–water partition coefficient (Wildman–Crippen LogP) is 7.35. The number of nitrogens with one attached hydrogen (secondary N) is 1. The normalized spacial score (nSPS) is 14.3. The van der Waals surface area contributed by atoms with Crippen LogP contribution < -0.4 is 9.62 Å². The highest BCUT2D eigenvalue weighted by Gasteiger charge is 2.35. The number of hydrogen-bond donors (Lipinski definition) is 1. The number of amides is 2. The van der Waals surface area contributed by atoms with Gasteiger partial charge in [0.15, 0.2) is 0 Å². The molecule has 246 valence electrons. The van der Waals surface area contributed by atoms with Gasteiger partial charge in [-0.3, -0.25) is 13.9 Å². The van der Waals surface area contributed by atoms with E-state index in [1.54, 1.807) is 47.4 Å². The smallest absolute Gasteiger partial charge is 0.264 e. The number of nitrogens with zero attached hydrogens (tertiary/aromatic N) is 2. The Balaban J connectivity index is 1.56. The van der Waals surface area contributed by atoms with Gasteiger partial charge in [-0.1, -0.05) is 107 Å². The maximum atomic E-state index is 14.7. The Morgan fingerprint density at radius 1 is 0.809 bits per heavy atom. The van der Waals surface area contributed by atoms with E-state index in [1.165, 1.54) is 4.31 Å². The lowest BCUT2D eigenvalue weighted by Gasteiger charge is -2.35. The summed E-state index contributed by atoms with van der Waals surface area (Å²) in [5.41, 5.74) is 3.90. The van der Waals surface area contributed by atoms with Gasteiger partial charge in [0, 0.05) is 23.5 Å². The van der Waals surface area contributed by atoms with Gasteiger partial charge < -0.3 is 10.2 Å². The van der Waals surface area contributed by atoms with E-state index in [-0.39, 0.29) is 29.8 Å². The molecule has 0 unspecified atom stereocenters. The fraction of sp³-hybridized carbons (Fsp3) is 0.316. The highest BCUT2D eigenvalue weighted by molar-refractivity contribution is 9.10. The van der Waals surface area contributed by atoms with Gasteiger partial charge in [0.1, 0.15) is 12.6 Å². The van der Waals surface area contributed by atoms with E-state index in [0.717, 1.165) is 58.8 Å². The molecule has 4 aromatic rings. The minimum absolute atomic E-state index is 0.0445. The van der Waals surface area contributed by atoms with Gasteiger partial charge in [0.2, 0.25) is 11.8 Å². The average molecular weight is 717 g/mol. The van der Waals surface area contributed by atoms with Crippen LogP contribution in [0.5, 0.6) is 0 Å². The summed E-state index contributed by atoms with van der Waals surface area (Å²) in [6, 6.07) is 30.2. The second-order valence-electron chi connectivity index (χ2n) is 12.4. The van der Waals surface area contributed by atoms with Crippen LogP contribution in [0.4, 0.5) is 5.69 Å². The fourth-order valence-electron chi connectivity index (χ4n) is 6.08. The molecule has 0 aromatic heterocycles. The van der Waals surface area contributed by atoms with E-state index in [1.807, 2.05) is 74.5 Å². The van der Waals surface area contributed by atoms with Crippen LogP contribution in [-0.4, -0.2) is 43.8 Å². The first kappa shape index (κ1) is 34.4. The third-order valence-electron chi connectivity index (χ3n) is 8.64. The Kier molecular flexibility index (Phi) is 11.5. The minimum Gasteiger partial charge on any atom is -0.352 e. The van der Waals surface area contributed by atoms with E-state index in [4.69, 9.17) is 0 Å². The first-order valence-corrected chi connectivity index (χ1v) is 18.4. The number of rotatable bonds is 12. The van der Waals surface area contributed by atoms with Crippen LogP contribution in [0.2, 0.25) is 0 Å². The van der Waals surface area contributed by atoms with E-state index in [0.29, 0.717) is 5.69 Å². The molecule has 9 heteroatoms. The first-order valence-electron chi connectivity index (χ1n) is 16.1. The van der Waals surface area contributed by atoms with Crippen molar-refractivity contribution in [2.24, 2.45) is 0 Å². The van der Waals surface area contributed by atoms with Crippen molar-refractivity contribution in [2.45, 2.75) is 75.9 Å². The largest absolute Gasteiger partial charge is 0.352 e. The van der Waals surface area contributed by atoms with Crippen molar-refractivity contribution < 1.29 is 18.0 Å². The van der Waals surface area contributed by atoms with Gasteiger partial charge >= 0.3 is 0 Å². The van der Waals surface area contributed by atoms with E-state index in [2.05, 4.69) is 21.2 Å². The van der Waals surface area contributed by atoms with Gasteiger partial charge in [0.05, 0.1) is 10.6 Å².